The van der Waals surface area contributed by atoms with E-state index in [1.54, 1.807) is 12.1 Å². The van der Waals surface area contributed by atoms with Crippen LogP contribution in [0.2, 0.25) is 0 Å². The minimum atomic E-state index is -0.258. The summed E-state index contributed by atoms with van der Waals surface area (Å²) < 4.78 is 7.55. The maximum atomic E-state index is 12.3. The second kappa shape index (κ2) is 10.2. The molecule has 0 aliphatic rings. The molecule has 3 rings (SSSR count). The Kier molecular flexibility index (Phi) is 7.45. The summed E-state index contributed by atoms with van der Waals surface area (Å²) in [6.45, 7) is 1.82. The van der Waals surface area contributed by atoms with E-state index in [1.807, 2.05) is 67.6 Å². The number of benzene rings is 3. The van der Waals surface area contributed by atoms with Crippen molar-refractivity contribution in [2.75, 3.05) is 11.9 Å². The standard InChI is InChI=1S/C24H18Br2N2O2/c1-16-3-2-4-22(11-16)28-24(29)15-30-23-10-9-21(26)13-18(23)12-19(14-27)17-5-7-20(25)8-6-17/h2-13H,15H2,1H3,(H,28,29)/b19-12+. The van der Waals surface area contributed by atoms with Crippen molar-refractivity contribution in [3.8, 4) is 11.8 Å². The summed E-state index contributed by atoms with van der Waals surface area (Å²) in [4.78, 5) is 12.3. The van der Waals surface area contributed by atoms with E-state index in [1.165, 1.54) is 0 Å². The molecule has 150 valence electrons. The number of rotatable bonds is 6. The number of aryl methyl sites for hydroxylation is 1. The van der Waals surface area contributed by atoms with Gasteiger partial charge in [0.25, 0.3) is 5.91 Å². The molecule has 0 bridgehead atoms. The van der Waals surface area contributed by atoms with Crippen LogP contribution in [0, 0.1) is 18.3 Å². The predicted octanol–water partition coefficient (Wildman–Crippen LogP) is 6.60. The highest BCUT2D eigenvalue weighted by Crippen LogP contribution is 2.28. The van der Waals surface area contributed by atoms with Crippen LogP contribution < -0.4 is 10.1 Å². The van der Waals surface area contributed by atoms with Crippen LogP contribution in [0.5, 0.6) is 5.75 Å². The SMILES string of the molecule is Cc1cccc(NC(=O)COc2ccc(Br)cc2/C=C(\C#N)c2ccc(Br)cc2)c1. The number of hydrogen-bond donors (Lipinski definition) is 1. The zero-order valence-corrected chi connectivity index (χ0v) is 19.3. The van der Waals surface area contributed by atoms with Gasteiger partial charge in [-0.2, -0.15) is 5.26 Å². The van der Waals surface area contributed by atoms with Gasteiger partial charge in [-0.05, 0) is 66.6 Å². The average Bonchev–Trinajstić information content (AvgIpc) is 2.72. The first-order chi connectivity index (χ1) is 14.4. The molecule has 0 spiro atoms. The van der Waals surface area contributed by atoms with Gasteiger partial charge in [0.1, 0.15) is 5.75 Å². The number of carbonyl (C=O) groups excluding carboxylic acids is 1. The fourth-order valence-electron chi connectivity index (χ4n) is 2.79. The van der Waals surface area contributed by atoms with Gasteiger partial charge < -0.3 is 10.1 Å². The summed E-state index contributed by atoms with van der Waals surface area (Å²) in [5, 5.41) is 12.4. The van der Waals surface area contributed by atoms with E-state index in [2.05, 4.69) is 43.2 Å². The van der Waals surface area contributed by atoms with Crippen LogP contribution in [0.15, 0.2) is 75.7 Å². The van der Waals surface area contributed by atoms with Crippen LogP contribution in [0.1, 0.15) is 16.7 Å². The first kappa shape index (κ1) is 21.8. The highest BCUT2D eigenvalue weighted by atomic mass is 79.9. The largest absolute Gasteiger partial charge is 0.483 e. The molecule has 0 fully saturated rings. The number of nitrogens with zero attached hydrogens (tertiary/aromatic N) is 1. The summed E-state index contributed by atoms with van der Waals surface area (Å²) in [5.74, 6) is 0.259. The number of hydrogen-bond acceptors (Lipinski definition) is 3. The first-order valence-corrected chi connectivity index (χ1v) is 10.7. The lowest BCUT2D eigenvalue weighted by Crippen LogP contribution is -2.20. The third kappa shape index (κ3) is 6.06. The van der Waals surface area contributed by atoms with Crippen LogP contribution in [0.4, 0.5) is 5.69 Å². The maximum Gasteiger partial charge on any atom is 0.262 e. The summed E-state index contributed by atoms with van der Waals surface area (Å²) >= 11 is 6.85. The fourth-order valence-corrected chi connectivity index (χ4v) is 3.43. The van der Waals surface area contributed by atoms with Gasteiger partial charge >= 0.3 is 0 Å². The highest BCUT2D eigenvalue weighted by molar-refractivity contribution is 9.10. The number of nitrogens with one attached hydrogen (secondary N) is 1. The monoisotopic (exact) mass is 524 g/mol. The molecule has 0 unspecified atom stereocenters. The second-order valence-electron chi connectivity index (χ2n) is 6.57. The first-order valence-electron chi connectivity index (χ1n) is 9.11. The number of carbonyl (C=O) groups is 1. The molecule has 0 saturated heterocycles. The van der Waals surface area contributed by atoms with Crippen molar-refractivity contribution in [3.63, 3.8) is 0 Å². The van der Waals surface area contributed by atoms with Crippen molar-refractivity contribution in [1.29, 1.82) is 5.26 Å². The average molecular weight is 526 g/mol. The van der Waals surface area contributed by atoms with E-state index in [9.17, 15) is 10.1 Å². The third-order valence-electron chi connectivity index (χ3n) is 4.21. The Labute approximate surface area is 192 Å². The van der Waals surface area contributed by atoms with Gasteiger partial charge in [-0.1, -0.05) is 56.1 Å². The Balaban J connectivity index is 1.78. The fraction of sp³-hybridized carbons (Fsp3) is 0.0833. The molecule has 1 amide bonds. The Bertz CT molecular complexity index is 1130. The topological polar surface area (TPSA) is 62.1 Å². The molecular formula is C24H18Br2N2O2. The van der Waals surface area contributed by atoms with Crippen molar-refractivity contribution in [3.05, 3.63) is 92.4 Å². The van der Waals surface area contributed by atoms with E-state index in [-0.39, 0.29) is 12.5 Å². The van der Waals surface area contributed by atoms with Gasteiger partial charge in [0.15, 0.2) is 6.61 Å². The Morgan fingerprint density at radius 3 is 2.50 bits per heavy atom. The van der Waals surface area contributed by atoms with Crippen molar-refractivity contribution in [2.45, 2.75) is 6.92 Å². The Morgan fingerprint density at radius 1 is 1.07 bits per heavy atom. The molecule has 0 aromatic heterocycles. The molecule has 3 aromatic carbocycles. The van der Waals surface area contributed by atoms with Crippen LogP contribution in [-0.4, -0.2) is 12.5 Å². The number of halogens is 2. The summed E-state index contributed by atoms with van der Waals surface area (Å²) in [6.07, 6.45) is 1.75. The lowest BCUT2D eigenvalue weighted by molar-refractivity contribution is -0.118. The molecule has 4 nitrogen and oxygen atoms in total. The van der Waals surface area contributed by atoms with Crippen molar-refractivity contribution >= 4 is 55.1 Å². The molecule has 0 atom stereocenters. The lowest BCUT2D eigenvalue weighted by atomic mass is 10.0. The van der Waals surface area contributed by atoms with E-state index < -0.39 is 0 Å². The lowest BCUT2D eigenvalue weighted by Gasteiger charge is -2.11. The number of anilines is 1. The minimum Gasteiger partial charge on any atom is -0.483 e. The number of amides is 1. The maximum absolute atomic E-state index is 12.3. The van der Waals surface area contributed by atoms with Crippen molar-refractivity contribution in [2.24, 2.45) is 0 Å². The third-order valence-corrected chi connectivity index (χ3v) is 5.23. The van der Waals surface area contributed by atoms with Gasteiger partial charge in [0.05, 0.1) is 11.6 Å². The second-order valence-corrected chi connectivity index (χ2v) is 8.40. The van der Waals surface area contributed by atoms with Gasteiger partial charge in [-0.25, -0.2) is 0 Å². The molecule has 0 aliphatic heterocycles. The predicted molar refractivity (Wildman–Crippen MR) is 127 cm³/mol. The van der Waals surface area contributed by atoms with Crippen LogP contribution in [-0.2, 0) is 4.79 Å². The molecule has 3 aromatic rings. The smallest absolute Gasteiger partial charge is 0.262 e. The normalized spacial score (nSPS) is 10.9. The molecular weight excluding hydrogens is 508 g/mol. The Morgan fingerprint density at radius 2 is 1.80 bits per heavy atom. The minimum absolute atomic E-state index is 0.142. The molecule has 1 N–H and O–H groups in total. The van der Waals surface area contributed by atoms with Gasteiger partial charge in [-0.15, -0.1) is 0 Å². The Hall–Kier alpha value is -2.88. The van der Waals surface area contributed by atoms with E-state index in [4.69, 9.17) is 4.74 Å². The molecule has 0 heterocycles. The van der Waals surface area contributed by atoms with Crippen molar-refractivity contribution in [1.82, 2.24) is 0 Å². The van der Waals surface area contributed by atoms with Crippen LogP contribution >= 0.6 is 31.9 Å². The summed E-state index contributed by atoms with van der Waals surface area (Å²) in [7, 11) is 0. The van der Waals surface area contributed by atoms with E-state index >= 15 is 0 Å². The van der Waals surface area contributed by atoms with Crippen LogP contribution in [0.3, 0.4) is 0 Å². The van der Waals surface area contributed by atoms with E-state index in [0.29, 0.717) is 16.9 Å². The quantitative estimate of drug-likeness (QED) is 0.291. The molecule has 0 saturated carbocycles. The highest BCUT2D eigenvalue weighted by Gasteiger charge is 2.09. The number of nitriles is 1. The van der Waals surface area contributed by atoms with Crippen LogP contribution in [0.25, 0.3) is 11.6 Å². The summed E-state index contributed by atoms with van der Waals surface area (Å²) in [6, 6.07) is 22.8. The molecule has 0 aliphatic carbocycles. The molecule has 30 heavy (non-hydrogen) atoms. The zero-order valence-electron chi connectivity index (χ0n) is 16.2. The molecule has 0 radical (unpaired) electrons. The van der Waals surface area contributed by atoms with Crippen molar-refractivity contribution < 1.29 is 9.53 Å². The van der Waals surface area contributed by atoms with Gasteiger partial charge in [0.2, 0.25) is 0 Å². The zero-order chi connectivity index (χ0) is 21.5. The van der Waals surface area contributed by atoms with Gasteiger partial charge in [0, 0.05) is 20.2 Å². The molecule has 6 heteroatoms. The van der Waals surface area contributed by atoms with Gasteiger partial charge in [-0.3, -0.25) is 4.79 Å². The number of ether oxygens (including phenoxy) is 1. The van der Waals surface area contributed by atoms with E-state index in [0.717, 1.165) is 25.8 Å². The summed E-state index contributed by atoms with van der Waals surface area (Å²) in [5.41, 5.74) is 3.78. The number of allylic oxidation sites excluding steroid dienone is 1.